The summed E-state index contributed by atoms with van der Waals surface area (Å²) in [4.78, 5) is 5.30. The number of hydrogen-bond acceptors (Lipinski definition) is 2. The van der Waals surface area contributed by atoms with Crippen molar-refractivity contribution in [1.82, 2.24) is 9.80 Å². The van der Waals surface area contributed by atoms with E-state index < -0.39 is 0 Å². The topological polar surface area (TPSA) is 6.48 Å². The molecular formula is C13H28N2. The summed E-state index contributed by atoms with van der Waals surface area (Å²) in [5.74, 6) is 0.768. The molecule has 1 rings (SSSR count). The van der Waals surface area contributed by atoms with Crippen molar-refractivity contribution in [2.24, 2.45) is 5.92 Å². The first-order valence-corrected chi connectivity index (χ1v) is 6.54. The second-order valence-corrected chi connectivity index (χ2v) is 5.38. The quantitative estimate of drug-likeness (QED) is 0.709. The zero-order valence-corrected chi connectivity index (χ0v) is 11.2. The Morgan fingerprint density at radius 2 is 1.80 bits per heavy atom. The van der Waals surface area contributed by atoms with Gasteiger partial charge in [0.2, 0.25) is 0 Å². The summed E-state index contributed by atoms with van der Waals surface area (Å²) >= 11 is 0. The Balaban J connectivity index is 2.67. The predicted octanol–water partition coefficient (Wildman–Crippen LogP) is 2.45. The van der Waals surface area contributed by atoms with Crippen LogP contribution in [-0.4, -0.2) is 48.1 Å². The smallest absolute Gasteiger partial charge is 0.0246 e. The highest BCUT2D eigenvalue weighted by Gasteiger charge is 2.26. The highest BCUT2D eigenvalue weighted by Crippen LogP contribution is 2.18. The average Bonchev–Trinajstić information content (AvgIpc) is 2.38. The van der Waals surface area contributed by atoms with Gasteiger partial charge in [0.05, 0.1) is 0 Å². The molecule has 0 spiro atoms. The Hall–Kier alpha value is -0.0800. The minimum atomic E-state index is 0.697. The van der Waals surface area contributed by atoms with Crippen molar-refractivity contribution >= 4 is 0 Å². The maximum absolute atomic E-state index is 2.66. The molecule has 0 aromatic carbocycles. The predicted molar refractivity (Wildman–Crippen MR) is 67.2 cm³/mol. The van der Waals surface area contributed by atoms with Gasteiger partial charge in [-0.15, -0.1) is 0 Å². The molecule has 2 nitrogen and oxygen atoms in total. The second-order valence-electron chi connectivity index (χ2n) is 5.38. The number of rotatable bonds is 3. The van der Waals surface area contributed by atoms with Gasteiger partial charge in [0.1, 0.15) is 0 Å². The van der Waals surface area contributed by atoms with Gasteiger partial charge < -0.3 is 0 Å². The summed E-state index contributed by atoms with van der Waals surface area (Å²) in [7, 11) is 0. The van der Waals surface area contributed by atoms with E-state index in [1.54, 1.807) is 0 Å². The molecule has 1 saturated heterocycles. The molecule has 0 amide bonds. The lowest BCUT2D eigenvalue weighted by Gasteiger charge is -2.35. The van der Waals surface area contributed by atoms with E-state index in [4.69, 9.17) is 0 Å². The van der Waals surface area contributed by atoms with Gasteiger partial charge in [-0.25, -0.2) is 0 Å². The first-order chi connectivity index (χ1) is 7.06. The van der Waals surface area contributed by atoms with Gasteiger partial charge in [0, 0.05) is 18.6 Å². The van der Waals surface area contributed by atoms with Gasteiger partial charge in [0.15, 0.2) is 0 Å². The standard InChI is InChI=1S/C13H28N2/c1-6-14-8-7-9-15(12(4)5)10-13(14)11(2)3/h11-13H,6-10H2,1-5H3/t13-/m0/s1. The molecule has 0 bridgehead atoms. The second kappa shape index (κ2) is 5.86. The molecule has 0 aliphatic carbocycles. The lowest BCUT2D eigenvalue weighted by Crippen LogP contribution is -2.45. The van der Waals surface area contributed by atoms with E-state index >= 15 is 0 Å². The molecule has 1 aliphatic heterocycles. The summed E-state index contributed by atoms with van der Waals surface area (Å²) in [5, 5.41) is 0. The third kappa shape index (κ3) is 3.46. The summed E-state index contributed by atoms with van der Waals surface area (Å²) in [5.41, 5.74) is 0. The van der Waals surface area contributed by atoms with Crippen LogP contribution in [0.5, 0.6) is 0 Å². The fraction of sp³-hybridized carbons (Fsp3) is 1.00. The molecule has 2 heteroatoms. The SMILES string of the molecule is CCN1CCCN(C(C)C)C[C@H]1C(C)C. The van der Waals surface area contributed by atoms with Gasteiger partial charge in [-0.1, -0.05) is 20.8 Å². The third-order valence-electron chi connectivity index (χ3n) is 3.69. The van der Waals surface area contributed by atoms with Gasteiger partial charge in [-0.2, -0.15) is 0 Å². The van der Waals surface area contributed by atoms with Gasteiger partial charge in [-0.3, -0.25) is 9.80 Å². The summed E-state index contributed by atoms with van der Waals surface area (Å²) in [6.07, 6.45) is 1.33. The largest absolute Gasteiger partial charge is 0.299 e. The lowest BCUT2D eigenvalue weighted by molar-refractivity contribution is 0.132. The van der Waals surface area contributed by atoms with E-state index in [2.05, 4.69) is 44.4 Å². The minimum Gasteiger partial charge on any atom is -0.299 e. The van der Waals surface area contributed by atoms with Crippen LogP contribution in [0.15, 0.2) is 0 Å². The van der Waals surface area contributed by atoms with Gasteiger partial charge >= 0.3 is 0 Å². The third-order valence-corrected chi connectivity index (χ3v) is 3.69. The molecule has 1 fully saturated rings. The molecule has 1 heterocycles. The first-order valence-electron chi connectivity index (χ1n) is 6.54. The Bertz CT molecular complexity index is 177. The zero-order chi connectivity index (χ0) is 11.4. The highest BCUT2D eigenvalue weighted by molar-refractivity contribution is 4.82. The minimum absolute atomic E-state index is 0.697. The lowest BCUT2D eigenvalue weighted by atomic mass is 10.0. The molecule has 1 atom stereocenters. The van der Waals surface area contributed by atoms with Crippen LogP contribution >= 0.6 is 0 Å². The molecule has 0 aromatic heterocycles. The van der Waals surface area contributed by atoms with Crippen LogP contribution in [0.1, 0.15) is 41.0 Å². The van der Waals surface area contributed by atoms with Crippen LogP contribution in [0, 0.1) is 5.92 Å². The molecule has 0 saturated carbocycles. The van der Waals surface area contributed by atoms with Crippen molar-refractivity contribution in [3.8, 4) is 0 Å². The van der Waals surface area contributed by atoms with Crippen molar-refractivity contribution in [3.05, 3.63) is 0 Å². The maximum Gasteiger partial charge on any atom is 0.0246 e. The first kappa shape index (κ1) is 13.0. The Morgan fingerprint density at radius 1 is 1.13 bits per heavy atom. The molecule has 90 valence electrons. The molecule has 0 unspecified atom stereocenters. The van der Waals surface area contributed by atoms with E-state index in [-0.39, 0.29) is 0 Å². The highest BCUT2D eigenvalue weighted by atomic mass is 15.2. The van der Waals surface area contributed by atoms with E-state index in [0.29, 0.717) is 6.04 Å². The molecule has 0 aromatic rings. The summed E-state index contributed by atoms with van der Waals surface area (Å²) < 4.78 is 0. The average molecular weight is 212 g/mol. The van der Waals surface area contributed by atoms with Crippen LogP contribution in [0.25, 0.3) is 0 Å². The fourth-order valence-corrected chi connectivity index (χ4v) is 2.58. The molecule has 1 aliphatic rings. The van der Waals surface area contributed by atoms with Crippen LogP contribution in [0.3, 0.4) is 0 Å². The number of nitrogens with zero attached hydrogens (tertiary/aromatic N) is 2. The maximum atomic E-state index is 2.66. The van der Waals surface area contributed by atoms with Gasteiger partial charge in [-0.05, 0) is 45.8 Å². The van der Waals surface area contributed by atoms with Gasteiger partial charge in [0.25, 0.3) is 0 Å². The Labute approximate surface area is 95.6 Å². The molecule has 0 N–H and O–H groups in total. The van der Waals surface area contributed by atoms with Crippen molar-refractivity contribution in [2.45, 2.75) is 53.1 Å². The van der Waals surface area contributed by atoms with E-state index in [9.17, 15) is 0 Å². The molecule has 15 heavy (non-hydrogen) atoms. The molecule has 0 radical (unpaired) electrons. The van der Waals surface area contributed by atoms with E-state index in [1.807, 2.05) is 0 Å². The monoisotopic (exact) mass is 212 g/mol. The Kier molecular flexibility index (Phi) is 5.07. The summed E-state index contributed by atoms with van der Waals surface area (Å²) in [6, 6.07) is 1.45. The number of likely N-dealkylation sites (N-methyl/N-ethyl adjacent to an activating group) is 1. The van der Waals surface area contributed by atoms with Crippen molar-refractivity contribution < 1.29 is 0 Å². The van der Waals surface area contributed by atoms with E-state index in [0.717, 1.165) is 12.0 Å². The van der Waals surface area contributed by atoms with Crippen molar-refractivity contribution in [2.75, 3.05) is 26.2 Å². The summed E-state index contributed by atoms with van der Waals surface area (Å²) in [6.45, 7) is 16.7. The van der Waals surface area contributed by atoms with Crippen molar-refractivity contribution in [1.29, 1.82) is 0 Å². The number of hydrogen-bond donors (Lipinski definition) is 0. The van der Waals surface area contributed by atoms with Crippen LogP contribution in [-0.2, 0) is 0 Å². The van der Waals surface area contributed by atoms with Crippen LogP contribution < -0.4 is 0 Å². The van der Waals surface area contributed by atoms with E-state index in [1.165, 1.54) is 32.6 Å². The zero-order valence-electron chi connectivity index (χ0n) is 11.2. The van der Waals surface area contributed by atoms with Crippen LogP contribution in [0.4, 0.5) is 0 Å². The Morgan fingerprint density at radius 3 is 2.27 bits per heavy atom. The fourth-order valence-electron chi connectivity index (χ4n) is 2.58. The molecular weight excluding hydrogens is 184 g/mol. The van der Waals surface area contributed by atoms with Crippen molar-refractivity contribution in [3.63, 3.8) is 0 Å². The normalized spacial score (nSPS) is 26.2. The van der Waals surface area contributed by atoms with Crippen LogP contribution in [0.2, 0.25) is 0 Å².